The molecule has 0 spiro atoms. The number of primary amides is 1. The highest BCUT2D eigenvalue weighted by atomic mass is 16.2. The van der Waals surface area contributed by atoms with Crippen LogP contribution in [0.1, 0.15) is 123 Å². The van der Waals surface area contributed by atoms with Gasteiger partial charge in [0, 0.05) is 45.1 Å². The Morgan fingerprint density at radius 1 is 0.527 bits per heavy atom. The highest BCUT2D eigenvalue weighted by Gasteiger charge is 2.37. The van der Waals surface area contributed by atoms with Gasteiger partial charge in [-0.25, -0.2) is 4.90 Å². The van der Waals surface area contributed by atoms with Crippen molar-refractivity contribution in [3.63, 3.8) is 0 Å². The molecule has 3 N–H and O–H groups in total. The van der Waals surface area contributed by atoms with Gasteiger partial charge in [0.25, 0.3) is 29.5 Å². The summed E-state index contributed by atoms with van der Waals surface area (Å²) in [5, 5.41) is 8.52. The van der Waals surface area contributed by atoms with Crippen molar-refractivity contribution in [2.24, 2.45) is 5.73 Å². The summed E-state index contributed by atoms with van der Waals surface area (Å²) in [6.45, 7) is 2.30. The van der Waals surface area contributed by atoms with Crippen LogP contribution in [0, 0.1) is 0 Å². The van der Waals surface area contributed by atoms with Crippen LogP contribution < -0.4 is 16.0 Å². The Balaban J connectivity index is 1.09. The first-order valence-corrected chi connectivity index (χ1v) is 19.3. The molecule has 6 aromatic rings. The topological polar surface area (TPSA) is 147 Å². The third-order valence-corrected chi connectivity index (χ3v) is 11.3. The van der Waals surface area contributed by atoms with Crippen LogP contribution >= 0.6 is 0 Å². The number of imide groups is 2. The van der Waals surface area contributed by atoms with Crippen molar-refractivity contribution in [1.82, 2.24) is 10.2 Å². The average Bonchev–Trinajstić information content (AvgIpc) is 3.19. The zero-order valence-corrected chi connectivity index (χ0v) is 30.8. The van der Waals surface area contributed by atoms with E-state index in [1.54, 1.807) is 12.1 Å². The normalized spacial score (nSPS) is 14.0. The predicted octanol–water partition coefficient (Wildman–Crippen LogP) is 8.27. The highest BCUT2D eigenvalue weighted by Crippen LogP contribution is 2.46. The second-order valence-electron chi connectivity index (χ2n) is 14.7. The number of carbonyl (C=O) groups excluding carboxylic acids is 6. The molecule has 10 heteroatoms. The fourth-order valence-corrected chi connectivity index (χ4v) is 8.54. The third kappa shape index (κ3) is 6.06. The van der Waals surface area contributed by atoms with E-state index in [-0.39, 0.29) is 23.9 Å². The fourth-order valence-electron chi connectivity index (χ4n) is 8.54. The molecule has 10 nitrogen and oxygen atoms in total. The summed E-state index contributed by atoms with van der Waals surface area (Å²) in [5.41, 5.74) is 7.40. The Morgan fingerprint density at radius 2 is 0.945 bits per heavy atom. The fraction of sp³-hybridized carbons (Fsp3) is 0.289. The largest absolute Gasteiger partial charge is 0.368 e. The first-order chi connectivity index (χ1) is 26.7. The van der Waals surface area contributed by atoms with Gasteiger partial charge in [0.2, 0.25) is 5.91 Å². The summed E-state index contributed by atoms with van der Waals surface area (Å²) >= 11 is 0. The third-order valence-electron chi connectivity index (χ3n) is 11.3. The second kappa shape index (κ2) is 14.6. The van der Waals surface area contributed by atoms with Crippen molar-refractivity contribution in [3.8, 4) is 0 Å². The number of anilines is 1. The van der Waals surface area contributed by atoms with Gasteiger partial charge in [0.05, 0.1) is 12.2 Å². The molecule has 278 valence electrons. The first kappa shape index (κ1) is 35.8. The Morgan fingerprint density at radius 3 is 1.38 bits per heavy atom. The zero-order valence-electron chi connectivity index (χ0n) is 30.8. The maximum atomic E-state index is 14.1. The molecular formula is C45H42N4O6. The number of amides is 6. The second-order valence-corrected chi connectivity index (χ2v) is 14.7. The summed E-state index contributed by atoms with van der Waals surface area (Å²) < 4.78 is 0. The summed E-state index contributed by atoms with van der Waals surface area (Å²) in [7, 11) is 0. The monoisotopic (exact) mass is 734 g/mol. The van der Waals surface area contributed by atoms with Crippen LogP contribution in [0.3, 0.4) is 0 Å². The standard InChI is InChI=1S/C45H42N4O6/c1-2-3-4-5-6-7-8-9-10-11-24-48-42(52)32-20-16-28-30-18-22-34-40-35(23-19-31(38(30)40)29-17-21-33(43(48)53)39(32)37(28)29)45(55)49(44(34)54)27-14-12-26(13-15-27)41(51)47-25-36(46)50/h12-23H,2-11,24-25H2,1H3,(H2,46,50)(H,47,51). The lowest BCUT2D eigenvalue weighted by Gasteiger charge is -2.30. The lowest BCUT2D eigenvalue weighted by Crippen LogP contribution is -2.41. The van der Waals surface area contributed by atoms with Crippen molar-refractivity contribution in [2.45, 2.75) is 71.1 Å². The number of unbranched alkanes of at least 4 members (excludes halogenated alkanes) is 9. The number of nitrogens with one attached hydrogen (secondary N) is 1. The number of carbonyl (C=O) groups is 6. The van der Waals surface area contributed by atoms with E-state index in [4.69, 9.17) is 5.73 Å². The van der Waals surface area contributed by atoms with Crippen LogP contribution in [0.5, 0.6) is 0 Å². The van der Waals surface area contributed by atoms with E-state index in [0.717, 1.165) is 56.5 Å². The van der Waals surface area contributed by atoms with Gasteiger partial charge in [-0.05, 0) is 87.3 Å². The van der Waals surface area contributed by atoms with E-state index in [1.165, 1.54) is 74.1 Å². The average molecular weight is 735 g/mol. The van der Waals surface area contributed by atoms with Crippen molar-refractivity contribution < 1.29 is 28.8 Å². The van der Waals surface area contributed by atoms with E-state index in [2.05, 4.69) is 12.2 Å². The quantitative estimate of drug-likeness (QED) is 0.0470. The molecule has 0 fully saturated rings. The van der Waals surface area contributed by atoms with Gasteiger partial charge in [-0.1, -0.05) is 89.0 Å². The first-order valence-electron chi connectivity index (χ1n) is 19.3. The van der Waals surface area contributed by atoms with Crippen molar-refractivity contribution in [3.05, 3.63) is 101 Å². The molecule has 55 heavy (non-hydrogen) atoms. The number of hydrogen-bond acceptors (Lipinski definition) is 6. The van der Waals surface area contributed by atoms with Crippen LogP contribution in [0.2, 0.25) is 0 Å². The minimum atomic E-state index is -0.677. The molecule has 0 radical (unpaired) electrons. The van der Waals surface area contributed by atoms with E-state index in [0.29, 0.717) is 45.3 Å². The molecule has 0 atom stereocenters. The lowest BCUT2D eigenvalue weighted by atomic mass is 9.82. The van der Waals surface area contributed by atoms with Gasteiger partial charge in [0.15, 0.2) is 0 Å². The summed E-state index contributed by atoms with van der Waals surface area (Å²) in [6, 6.07) is 20.6. The maximum absolute atomic E-state index is 14.1. The molecule has 6 aromatic carbocycles. The van der Waals surface area contributed by atoms with Crippen LogP contribution in [0.15, 0.2) is 72.8 Å². The summed E-state index contributed by atoms with van der Waals surface area (Å²) in [5.74, 6) is -2.73. The van der Waals surface area contributed by atoms with E-state index >= 15 is 0 Å². The number of rotatable bonds is 15. The Bertz CT molecular complexity index is 2460. The Labute approximate surface area is 317 Å². The Kier molecular flexibility index (Phi) is 9.50. The molecule has 0 bridgehead atoms. The molecule has 0 unspecified atom stereocenters. The number of fused-ring (bicyclic) bond motifs is 2. The molecule has 0 aromatic heterocycles. The molecule has 2 heterocycles. The van der Waals surface area contributed by atoms with Gasteiger partial charge in [-0.15, -0.1) is 0 Å². The highest BCUT2D eigenvalue weighted by molar-refractivity contribution is 6.43. The minimum absolute atomic E-state index is 0.241. The number of hydrogen-bond donors (Lipinski definition) is 2. The van der Waals surface area contributed by atoms with Crippen molar-refractivity contribution in [1.29, 1.82) is 0 Å². The lowest BCUT2D eigenvalue weighted by molar-refractivity contribution is -0.117. The summed E-state index contributed by atoms with van der Waals surface area (Å²) in [6.07, 6.45) is 11.7. The van der Waals surface area contributed by atoms with Crippen molar-refractivity contribution in [2.75, 3.05) is 18.0 Å². The van der Waals surface area contributed by atoms with Gasteiger partial charge in [0.1, 0.15) is 0 Å². The molecule has 2 aliphatic heterocycles. The molecule has 0 saturated carbocycles. The minimum Gasteiger partial charge on any atom is -0.368 e. The van der Waals surface area contributed by atoms with Gasteiger partial charge in [-0.3, -0.25) is 33.7 Å². The smallest absolute Gasteiger partial charge is 0.265 e. The van der Waals surface area contributed by atoms with E-state index in [9.17, 15) is 28.8 Å². The molecule has 0 saturated heterocycles. The number of nitrogens with two attached hydrogens (primary N) is 1. The summed E-state index contributed by atoms with van der Waals surface area (Å²) in [4.78, 5) is 82.0. The molecule has 0 aliphatic carbocycles. The molecule has 6 amide bonds. The maximum Gasteiger partial charge on any atom is 0.265 e. The van der Waals surface area contributed by atoms with Crippen LogP contribution in [-0.2, 0) is 4.79 Å². The van der Waals surface area contributed by atoms with Crippen LogP contribution in [0.4, 0.5) is 5.69 Å². The molecular weight excluding hydrogens is 693 g/mol. The molecule has 2 aliphatic rings. The van der Waals surface area contributed by atoms with Gasteiger partial charge < -0.3 is 11.1 Å². The molecule has 8 rings (SSSR count). The van der Waals surface area contributed by atoms with Crippen molar-refractivity contribution >= 4 is 84.2 Å². The van der Waals surface area contributed by atoms with Crippen LogP contribution in [0.25, 0.3) is 43.1 Å². The SMILES string of the molecule is CCCCCCCCCCCCN1C(=O)c2ccc3c4ccc5c6c(ccc(c7ccc(c2c37)C1=O)c64)C(=O)N(c1ccc(C(=O)NCC(N)=O)cc1)C5=O. The van der Waals surface area contributed by atoms with Gasteiger partial charge >= 0.3 is 0 Å². The number of benzene rings is 6. The van der Waals surface area contributed by atoms with Crippen LogP contribution in [-0.4, -0.2) is 53.4 Å². The zero-order chi connectivity index (χ0) is 38.4. The Hall–Kier alpha value is -6.16. The van der Waals surface area contributed by atoms with E-state index < -0.39 is 23.6 Å². The number of nitrogens with zero attached hydrogens (tertiary/aromatic N) is 2. The predicted molar refractivity (Wildman–Crippen MR) is 214 cm³/mol. The van der Waals surface area contributed by atoms with Gasteiger partial charge in [-0.2, -0.15) is 0 Å². The van der Waals surface area contributed by atoms with E-state index in [1.807, 2.05) is 36.4 Å².